The molecule has 0 aliphatic heterocycles. The first-order chi connectivity index (χ1) is 38.7. The second-order valence-electron chi connectivity index (χ2n) is 22.1. The molecule has 0 aliphatic rings. The molecule has 0 amide bonds. The van der Waals surface area contributed by atoms with E-state index in [-0.39, 0.29) is 25.7 Å². The molecule has 0 fully saturated rings. The van der Waals surface area contributed by atoms with Crippen LogP contribution in [0.3, 0.4) is 0 Å². The van der Waals surface area contributed by atoms with Crippen LogP contribution >= 0.6 is 15.6 Å². The largest absolute Gasteiger partial charge is 0.472 e. The van der Waals surface area contributed by atoms with Gasteiger partial charge in [-0.25, -0.2) is 9.13 Å². The molecule has 474 valence electrons. The third-order valence-electron chi connectivity index (χ3n) is 14.1. The SMILES string of the molecule is CCCCCCCCCCCCCCCC(=O)OC[C@H](COP(=O)(O)OC[C@@H](O)COP(=O)(O)OC[C@@H](COC(=O)CCCCCCCCC)OC(=O)CCCCCCCCC)OC(=O)CCCCCCCCCCCCCCC. The molecule has 0 aromatic rings. The van der Waals surface area contributed by atoms with Gasteiger partial charge in [-0.1, -0.05) is 259 Å². The number of esters is 4. The van der Waals surface area contributed by atoms with Crippen LogP contribution in [0.4, 0.5) is 0 Å². The highest BCUT2D eigenvalue weighted by Crippen LogP contribution is 2.45. The van der Waals surface area contributed by atoms with Crippen LogP contribution < -0.4 is 0 Å². The number of unbranched alkanes of at least 4 members (excludes halogenated alkanes) is 36. The molecule has 0 saturated carbocycles. The van der Waals surface area contributed by atoms with Crippen molar-refractivity contribution in [3.8, 4) is 0 Å². The van der Waals surface area contributed by atoms with Gasteiger partial charge in [0.15, 0.2) is 12.2 Å². The highest BCUT2D eigenvalue weighted by Gasteiger charge is 2.30. The molecular weight excluding hydrogens is 1070 g/mol. The molecule has 80 heavy (non-hydrogen) atoms. The summed E-state index contributed by atoms with van der Waals surface area (Å²) in [5.41, 5.74) is 0. The van der Waals surface area contributed by atoms with Crippen LogP contribution in [0.1, 0.15) is 310 Å². The lowest BCUT2D eigenvalue weighted by molar-refractivity contribution is -0.161. The Morgan fingerprint density at radius 3 is 0.738 bits per heavy atom. The van der Waals surface area contributed by atoms with Gasteiger partial charge in [-0.3, -0.25) is 37.3 Å². The molecule has 3 N–H and O–H groups in total. The molecule has 0 aliphatic carbocycles. The van der Waals surface area contributed by atoms with Gasteiger partial charge >= 0.3 is 39.5 Å². The minimum absolute atomic E-state index is 0.104. The van der Waals surface area contributed by atoms with Crippen molar-refractivity contribution < 1.29 is 80.2 Å². The van der Waals surface area contributed by atoms with Gasteiger partial charge in [0.1, 0.15) is 19.3 Å². The molecule has 17 nitrogen and oxygen atoms in total. The van der Waals surface area contributed by atoms with Crippen molar-refractivity contribution in [1.82, 2.24) is 0 Å². The van der Waals surface area contributed by atoms with E-state index < -0.39 is 97.5 Å². The van der Waals surface area contributed by atoms with Gasteiger partial charge in [0.25, 0.3) is 0 Å². The van der Waals surface area contributed by atoms with Gasteiger partial charge in [0, 0.05) is 25.7 Å². The number of hydrogen-bond donors (Lipinski definition) is 3. The van der Waals surface area contributed by atoms with E-state index in [1.165, 1.54) is 116 Å². The Balaban J connectivity index is 5.18. The molecule has 0 spiro atoms. The van der Waals surface area contributed by atoms with Gasteiger partial charge in [0.2, 0.25) is 0 Å². The number of carbonyl (C=O) groups excluding carboxylic acids is 4. The zero-order valence-corrected chi connectivity index (χ0v) is 52.8. The fraction of sp³-hybridized carbons (Fsp3) is 0.934. The van der Waals surface area contributed by atoms with Crippen molar-refractivity contribution in [3.05, 3.63) is 0 Å². The first-order valence-corrected chi connectivity index (χ1v) is 35.3. The first-order valence-electron chi connectivity index (χ1n) is 32.3. The third-order valence-corrected chi connectivity index (χ3v) is 16.0. The predicted molar refractivity (Wildman–Crippen MR) is 317 cm³/mol. The van der Waals surface area contributed by atoms with Crippen LogP contribution in [0.2, 0.25) is 0 Å². The lowest BCUT2D eigenvalue weighted by Crippen LogP contribution is -2.30. The van der Waals surface area contributed by atoms with E-state index in [9.17, 15) is 43.2 Å². The molecule has 2 unspecified atom stereocenters. The average molecular weight is 1190 g/mol. The summed E-state index contributed by atoms with van der Waals surface area (Å²) in [6.07, 6.45) is 40.5. The number of aliphatic hydroxyl groups is 1. The maximum Gasteiger partial charge on any atom is 0.472 e. The Hall–Kier alpha value is -1.94. The van der Waals surface area contributed by atoms with E-state index in [1.807, 2.05) is 0 Å². The average Bonchev–Trinajstić information content (AvgIpc) is 3.43. The molecular formula is C61H118O17P2. The minimum Gasteiger partial charge on any atom is -0.462 e. The zero-order chi connectivity index (χ0) is 59.1. The van der Waals surface area contributed by atoms with E-state index in [4.69, 9.17) is 37.0 Å². The third kappa shape index (κ3) is 55.3. The Bertz CT molecular complexity index is 1550. The molecule has 0 rings (SSSR count). The molecule has 0 aromatic carbocycles. The van der Waals surface area contributed by atoms with Crippen LogP contribution in [0.5, 0.6) is 0 Å². The standard InChI is InChI=1S/C61H118O17P2/c1-5-9-13-17-21-23-25-27-29-31-35-38-42-46-59(64)72-52-57(78-61(66)48-44-40-36-32-30-28-26-24-22-18-14-10-6-2)54-76-80(69,70)74-50-55(62)49-73-79(67,68)75-53-56(77-60(65)47-43-39-34-20-16-12-8-4)51-71-58(63)45-41-37-33-19-15-11-7-3/h55-57,62H,5-54H2,1-4H3,(H,67,68)(H,69,70)/t55-,56+,57+/m0/s1. The quantitative estimate of drug-likeness (QED) is 0.0222. The van der Waals surface area contributed by atoms with Crippen LogP contribution in [0, 0.1) is 0 Å². The van der Waals surface area contributed by atoms with Crippen molar-refractivity contribution >= 4 is 39.5 Å². The second kappa shape index (κ2) is 56.2. The normalized spacial score (nSPS) is 14.2. The van der Waals surface area contributed by atoms with E-state index in [2.05, 4.69) is 27.7 Å². The van der Waals surface area contributed by atoms with Gasteiger partial charge in [-0.2, -0.15) is 0 Å². The maximum absolute atomic E-state index is 12.9. The number of carbonyl (C=O) groups is 4. The smallest absolute Gasteiger partial charge is 0.462 e. The van der Waals surface area contributed by atoms with Crippen LogP contribution in [0.25, 0.3) is 0 Å². The van der Waals surface area contributed by atoms with Crippen molar-refractivity contribution in [2.45, 2.75) is 329 Å². The van der Waals surface area contributed by atoms with Gasteiger partial charge in [0.05, 0.1) is 26.4 Å². The summed E-state index contributed by atoms with van der Waals surface area (Å²) < 4.78 is 67.7. The molecule has 0 aromatic heterocycles. The topological polar surface area (TPSA) is 237 Å². The summed E-state index contributed by atoms with van der Waals surface area (Å²) in [4.78, 5) is 71.8. The van der Waals surface area contributed by atoms with E-state index in [0.29, 0.717) is 25.7 Å². The highest BCUT2D eigenvalue weighted by atomic mass is 31.2. The van der Waals surface area contributed by atoms with E-state index in [1.54, 1.807) is 0 Å². The zero-order valence-electron chi connectivity index (χ0n) is 51.0. The monoisotopic (exact) mass is 1180 g/mol. The fourth-order valence-electron chi connectivity index (χ4n) is 9.10. The fourth-order valence-corrected chi connectivity index (χ4v) is 10.7. The van der Waals surface area contributed by atoms with Crippen LogP contribution in [0.15, 0.2) is 0 Å². The van der Waals surface area contributed by atoms with Crippen LogP contribution in [-0.2, 0) is 65.4 Å². The van der Waals surface area contributed by atoms with Gasteiger partial charge in [-0.05, 0) is 25.7 Å². The van der Waals surface area contributed by atoms with Gasteiger partial charge in [-0.15, -0.1) is 0 Å². The predicted octanol–water partition coefficient (Wildman–Crippen LogP) is 16.8. The summed E-state index contributed by atoms with van der Waals surface area (Å²) in [5.74, 6) is -2.14. The number of hydrogen-bond acceptors (Lipinski definition) is 15. The molecule has 19 heteroatoms. The second-order valence-corrected chi connectivity index (χ2v) is 25.0. The molecule has 0 saturated heterocycles. The number of aliphatic hydroxyl groups excluding tert-OH is 1. The Labute approximate surface area is 486 Å². The van der Waals surface area contributed by atoms with Crippen molar-refractivity contribution in [2.24, 2.45) is 0 Å². The summed E-state index contributed by atoms with van der Waals surface area (Å²) in [5, 5.41) is 10.5. The lowest BCUT2D eigenvalue weighted by atomic mass is 10.0. The molecule has 0 bridgehead atoms. The number of phosphoric acid groups is 2. The van der Waals surface area contributed by atoms with Crippen LogP contribution in [-0.4, -0.2) is 96.7 Å². The first kappa shape index (κ1) is 78.1. The maximum atomic E-state index is 12.9. The van der Waals surface area contributed by atoms with Gasteiger partial charge < -0.3 is 33.8 Å². The Morgan fingerprint density at radius 2 is 0.500 bits per heavy atom. The van der Waals surface area contributed by atoms with E-state index >= 15 is 0 Å². The summed E-state index contributed by atoms with van der Waals surface area (Å²) >= 11 is 0. The van der Waals surface area contributed by atoms with Crippen molar-refractivity contribution in [1.29, 1.82) is 0 Å². The van der Waals surface area contributed by atoms with Crippen molar-refractivity contribution in [3.63, 3.8) is 0 Å². The number of rotatable bonds is 62. The number of phosphoric ester groups is 2. The number of ether oxygens (including phenoxy) is 4. The minimum atomic E-state index is -4.94. The van der Waals surface area contributed by atoms with Crippen molar-refractivity contribution in [2.75, 3.05) is 39.6 Å². The molecule has 0 radical (unpaired) electrons. The Morgan fingerprint density at radius 1 is 0.300 bits per heavy atom. The molecule has 0 heterocycles. The summed E-state index contributed by atoms with van der Waals surface area (Å²) in [6.45, 7) is 4.79. The van der Waals surface area contributed by atoms with E-state index in [0.717, 1.165) is 116 Å². The lowest BCUT2D eigenvalue weighted by Gasteiger charge is -2.21. The molecule has 5 atom stereocenters. The highest BCUT2D eigenvalue weighted by molar-refractivity contribution is 7.47. The summed E-state index contributed by atoms with van der Waals surface area (Å²) in [7, 11) is -9.87. The Kier molecular flexibility index (Phi) is 54.8. The summed E-state index contributed by atoms with van der Waals surface area (Å²) in [6, 6.07) is 0.